The highest BCUT2D eigenvalue weighted by atomic mass is 79.9. The van der Waals surface area contributed by atoms with Crippen LogP contribution in [0.2, 0.25) is 0 Å². The molecule has 1 aromatic rings. The van der Waals surface area contributed by atoms with Crippen LogP contribution in [0.5, 0.6) is 0 Å². The van der Waals surface area contributed by atoms with Gasteiger partial charge in [-0.2, -0.15) is 0 Å². The Bertz CT molecular complexity index is 334. The Morgan fingerprint density at radius 1 is 1.42 bits per heavy atom. The van der Waals surface area contributed by atoms with Gasteiger partial charge in [0.25, 0.3) is 5.56 Å². The first kappa shape index (κ1) is 10.5. The van der Waals surface area contributed by atoms with Crippen LogP contribution in [-0.4, -0.2) is 9.90 Å². The van der Waals surface area contributed by atoms with Crippen LogP contribution in [0.15, 0.2) is 26.0 Å². The van der Waals surface area contributed by atoms with Crippen LogP contribution < -0.4 is 5.56 Å². The summed E-state index contributed by atoms with van der Waals surface area (Å²) in [6.07, 6.45) is 1.77. The second kappa shape index (κ2) is 4.58. The van der Waals surface area contributed by atoms with E-state index in [2.05, 4.69) is 47.8 Å². The van der Waals surface area contributed by atoms with E-state index in [-0.39, 0.29) is 5.56 Å². The van der Waals surface area contributed by atoms with E-state index < -0.39 is 0 Å². The summed E-state index contributed by atoms with van der Waals surface area (Å²) >= 11 is 9.78. The van der Waals surface area contributed by atoms with Crippen LogP contribution in [-0.2, 0) is 6.54 Å². The summed E-state index contributed by atoms with van der Waals surface area (Å²) < 4.78 is 3.12. The molecule has 0 spiro atoms. The van der Waals surface area contributed by atoms with Gasteiger partial charge in [-0.3, -0.25) is 4.79 Å². The summed E-state index contributed by atoms with van der Waals surface area (Å²) in [4.78, 5) is 11.4. The Hall–Kier alpha value is 0.390. The molecule has 0 aromatic carbocycles. The first-order valence-electron chi connectivity index (χ1n) is 3.26. The van der Waals surface area contributed by atoms with Crippen molar-refractivity contribution in [3.8, 4) is 0 Å². The summed E-state index contributed by atoms with van der Waals surface area (Å²) in [5.74, 6) is 0. The van der Waals surface area contributed by atoms with E-state index in [0.29, 0.717) is 11.0 Å². The maximum absolute atomic E-state index is 11.4. The molecule has 5 heteroatoms. The molecule has 0 atom stereocenters. The van der Waals surface area contributed by atoms with Crippen LogP contribution in [0.3, 0.4) is 0 Å². The largest absolute Gasteiger partial charge is 0.313 e. The van der Waals surface area contributed by atoms with Crippen molar-refractivity contribution in [3.05, 3.63) is 31.6 Å². The van der Waals surface area contributed by atoms with Crippen molar-refractivity contribution in [3.63, 3.8) is 0 Å². The van der Waals surface area contributed by atoms with E-state index in [4.69, 9.17) is 0 Å². The van der Waals surface area contributed by atoms with Crippen molar-refractivity contribution in [1.82, 2.24) is 4.57 Å². The predicted molar refractivity (Wildman–Crippen MR) is 59.9 cm³/mol. The highest BCUT2D eigenvalue weighted by molar-refractivity contribution is 9.11. The zero-order valence-corrected chi connectivity index (χ0v) is 10.8. The van der Waals surface area contributed by atoms with Crippen molar-refractivity contribution in [1.29, 1.82) is 0 Å². The molecule has 0 N–H and O–H groups in total. The van der Waals surface area contributed by atoms with E-state index in [1.54, 1.807) is 16.8 Å². The third kappa shape index (κ3) is 2.44. The number of halogens is 3. The van der Waals surface area contributed by atoms with E-state index in [0.717, 1.165) is 9.80 Å². The van der Waals surface area contributed by atoms with Gasteiger partial charge < -0.3 is 4.57 Å². The van der Waals surface area contributed by atoms with E-state index in [9.17, 15) is 4.79 Å². The summed E-state index contributed by atoms with van der Waals surface area (Å²) in [6, 6.07) is 1.74. The Morgan fingerprint density at radius 2 is 2.08 bits per heavy atom. The molecule has 1 rings (SSSR count). The fourth-order valence-electron chi connectivity index (χ4n) is 0.822. The molecule has 2 nitrogen and oxygen atoms in total. The molecular weight excluding hydrogens is 354 g/mol. The topological polar surface area (TPSA) is 22.0 Å². The molecule has 0 aliphatic carbocycles. The van der Waals surface area contributed by atoms with Gasteiger partial charge in [0.1, 0.15) is 0 Å². The first-order valence-corrected chi connectivity index (χ1v) is 5.97. The predicted octanol–water partition coefficient (Wildman–Crippen LogP) is 2.77. The highest BCUT2D eigenvalue weighted by Crippen LogP contribution is 2.12. The molecule has 0 saturated carbocycles. The van der Waals surface area contributed by atoms with E-state index >= 15 is 0 Å². The van der Waals surface area contributed by atoms with E-state index in [1.807, 2.05) is 0 Å². The number of rotatable bonds is 2. The van der Waals surface area contributed by atoms with Gasteiger partial charge in [-0.15, -0.1) is 0 Å². The molecular formula is C7H6Br3NO. The minimum absolute atomic E-state index is 0.00218. The maximum Gasteiger partial charge on any atom is 0.264 e. The Kier molecular flexibility index (Phi) is 3.99. The molecule has 0 bridgehead atoms. The van der Waals surface area contributed by atoms with Gasteiger partial charge in [0.15, 0.2) is 0 Å². The van der Waals surface area contributed by atoms with Gasteiger partial charge in [0, 0.05) is 22.5 Å². The normalized spacial score (nSPS) is 10.2. The van der Waals surface area contributed by atoms with Gasteiger partial charge in [0.05, 0.1) is 4.47 Å². The van der Waals surface area contributed by atoms with Crippen LogP contribution in [0.25, 0.3) is 0 Å². The molecule has 0 aliphatic rings. The average Bonchev–Trinajstić information content (AvgIpc) is 2.00. The molecule has 0 saturated heterocycles. The van der Waals surface area contributed by atoms with Crippen LogP contribution in [0.1, 0.15) is 0 Å². The van der Waals surface area contributed by atoms with Crippen molar-refractivity contribution in [2.75, 3.05) is 5.33 Å². The van der Waals surface area contributed by atoms with Gasteiger partial charge >= 0.3 is 0 Å². The van der Waals surface area contributed by atoms with Crippen molar-refractivity contribution in [2.45, 2.75) is 6.54 Å². The highest BCUT2D eigenvalue weighted by Gasteiger charge is 2.01. The number of aryl methyl sites for hydroxylation is 1. The molecule has 1 heterocycles. The van der Waals surface area contributed by atoms with Crippen LogP contribution in [0, 0.1) is 0 Å². The fraction of sp³-hybridized carbons (Fsp3) is 0.286. The first-order chi connectivity index (χ1) is 5.65. The van der Waals surface area contributed by atoms with Crippen molar-refractivity contribution in [2.24, 2.45) is 0 Å². The molecule has 1 aromatic heterocycles. The smallest absolute Gasteiger partial charge is 0.264 e. The lowest BCUT2D eigenvalue weighted by atomic mass is 10.5. The molecule has 12 heavy (non-hydrogen) atoms. The maximum atomic E-state index is 11.4. The molecule has 0 aliphatic heterocycles. The molecule has 0 unspecified atom stereocenters. The Balaban J connectivity index is 3.19. The summed E-state index contributed by atoms with van der Waals surface area (Å²) in [5.41, 5.74) is -0.00218. The zero-order valence-electron chi connectivity index (χ0n) is 6.06. The minimum atomic E-state index is -0.00218. The SMILES string of the molecule is O=c1c(Br)cc(Br)cn1CCBr. The number of alkyl halides is 1. The zero-order chi connectivity index (χ0) is 9.14. The van der Waals surface area contributed by atoms with Gasteiger partial charge in [-0.25, -0.2) is 0 Å². The molecule has 0 fully saturated rings. The summed E-state index contributed by atoms with van der Waals surface area (Å²) in [5, 5.41) is 0.774. The lowest BCUT2D eigenvalue weighted by molar-refractivity contribution is 0.731. The van der Waals surface area contributed by atoms with Crippen LogP contribution >= 0.6 is 47.8 Å². The van der Waals surface area contributed by atoms with Crippen LogP contribution in [0.4, 0.5) is 0 Å². The molecule has 0 radical (unpaired) electrons. The van der Waals surface area contributed by atoms with E-state index in [1.165, 1.54) is 0 Å². The Morgan fingerprint density at radius 3 is 2.67 bits per heavy atom. The lowest BCUT2D eigenvalue weighted by Crippen LogP contribution is -2.20. The number of pyridine rings is 1. The fourth-order valence-corrected chi connectivity index (χ4v) is 2.46. The van der Waals surface area contributed by atoms with Crippen molar-refractivity contribution < 1.29 is 0 Å². The summed E-state index contributed by atoms with van der Waals surface area (Å²) in [7, 11) is 0. The summed E-state index contributed by atoms with van der Waals surface area (Å²) in [6.45, 7) is 0.677. The number of nitrogens with zero attached hydrogens (tertiary/aromatic N) is 1. The number of aromatic nitrogens is 1. The minimum Gasteiger partial charge on any atom is -0.313 e. The number of hydrogen-bond donors (Lipinski definition) is 0. The number of hydrogen-bond acceptors (Lipinski definition) is 1. The second-order valence-corrected chi connectivity index (χ2v) is 4.76. The molecule has 0 amide bonds. The van der Waals surface area contributed by atoms with Gasteiger partial charge in [-0.1, -0.05) is 15.9 Å². The van der Waals surface area contributed by atoms with Gasteiger partial charge in [-0.05, 0) is 37.9 Å². The lowest BCUT2D eigenvalue weighted by Gasteiger charge is -2.03. The van der Waals surface area contributed by atoms with Crippen molar-refractivity contribution >= 4 is 47.8 Å². The third-order valence-corrected chi connectivity index (χ3v) is 2.69. The molecule has 66 valence electrons. The van der Waals surface area contributed by atoms with Gasteiger partial charge in [0.2, 0.25) is 0 Å². The third-order valence-electron chi connectivity index (χ3n) is 1.33. The monoisotopic (exact) mass is 357 g/mol. The average molecular weight is 360 g/mol. The standard InChI is InChI=1S/C7H6Br3NO/c8-1-2-11-4-5(9)3-6(10)7(11)12/h3-4H,1-2H2. The second-order valence-electron chi connectivity index (χ2n) is 2.19. The Labute approximate surface area is 95.4 Å². The quantitative estimate of drug-likeness (QED) is 0.744.